The SMILES string of the molecule is CN(C(=O)CCc1ccc(C(C)(C)C)cc1)c1ccc(S(C)(=O)=O)cc1. The third-order valence-corrected chi connectivity index (χ3v) is 5.60. The van der Waals surface area contributed by atoms with Gasteiger partial charge in [0.15, 0.2) is 9.84 Å². The summed E-state index contributed by atoms with van der Waals surface area (Å²) in [6, 6.07) is 14.8. The second kappa shape index (κ2) is 7.62. The van der Waals surface area contributed by atoms with Crippen LogP contribution in [0.15, 0.2) is 53.4 Å². The summed E-state index contributed by atoms with van der Waals surface area (Å²) in [6.45, 7) is 6.53. The zero-order valence-electron chi connectivity index (χ0n) is 16.1. The minimum Gasteiger partial charge on any atom is -0.315 e. The third kappa shape index (κ3) is 5.18. The molecular weight excluding hydrogens is 346 g/mol. The van der Waals surface area contributed by atoms with Crippen molar-refractivity contribution in [2.75, 3.05) is 18.2 Å². The van der Waals surface area contributed by atoms with E-state index in [2.05, 4.69) is 45.0 Å². The second-order valence-electron chi connectivity index (χ2n) is 7.67. The summed E-state index contributed by atoms with van der Waals surface area (Å²) < 4.78 is 23.0. The molecule has 0 atom stereocenters. The van der Waals surface area contributed by atoms with Crippen molar-refractivity contribution in [1.29, 1.82) is 0 Å². The van der Waals surface area contributed by atoms with E-state index >= 15 is 0 Å². The first-order valence-electron chi connectivity index (χ1n) is 8.64. The number of hydrogen-bond acceptors (Lipinski definition) is 3. The molecule has 0 saturated heterocycles. The zero-order valence-corrected chi connectivity index (χ0v) is 16.9. The number of sulfone groups is 1. The number of carbonyl (C=O) groups is 1. The van der Waals surface area contributed by atoms with E-state index in [4.69, 9.17) is 0 Å². The van der Waals surface area contributed by atoms with E-state index in [1.54, 1.807) is 24.1 Å². The van der Waals surface area contributed by atoms with Gasteiger partial charge < -0.3 is 4.90 Å². The van der Waals surface area contributed by atoms with Gasteiger partial charge in [0.05, 0.1) is 4.90 Å². The molecule has 0 unspecified atom stereocenters. The van der Waals surface area contributed by atoms with Crippen molar-refractivity contribution in [3.05, 3.63) is 59.7 Å². The maximum Gasteiger partial charge on any atom is 0.227 e. The third-order valence-electron chi connectivity index (χ3n) is 4.47. The molecule has 0 heterocycles. The standard InChI is InChI=1S/C21H27NO3S/c1-21(2,3)17-9-6-16(7-10-17)8-15-20(23)22(4)18-11-13-19(14-12-18)26(5,24)25/h6-7,9-14H,8,15H2,1-5H3. The molecule has 0 aliphatic heterocycles. The van der Waals surface area contributed by atoms with Crippen molar-refractivity contribution >= 4 is 21.4 Å². The number of aryl methyl sites for hydroxylation is 1. The molecule has 0 aromatic heterocycles. The summed E-state index contributed by atoms with van der Waals surface area (Å²) in [5, 5.41) is 0. The first-order valence-corrected chi connectivity index (χ1v) is 10.5. The lowest BCUT2D eigenvalue weighted by atomic mass is 9.86. The first kappa shape index (κ1) is 20.2. The average molecular weight is 374 g/mol. The molecule has 0 radical (unpaired) electrons. The number of rotatable bonds is 5. The highest BCUT2D eigenvalue weighted by Crippen LogP contribution is 2.23. The van der Waals surface area contributed by atoms with Crippen molar-refractivity contribution < 1.29 is 13.2 Å². The van der Waals surface area contributed by atoms with Gasteiger partial charge in [-0.3, -0.25) is 4.79 Å². The minimum atomic E-state index is -3.23. The topological polar surface area (TPSA) is 54.5 Å². The Labute approximate surface area is 156 Å². The molecule has 0 saturated carbocycles. The highest BCUT2D eigenvalue weighted by atomic mass is 32.2. The first-order chi connectivity index (χ1) is 12.0. The van der Waals surface area contributed by atoms with Crippen LogP contribution in [0.25, 0.3) is 0 Å². The molecule has 0 aliphatic carbocycles. The molecule has 0 spiro atoms. The van der Waals surface area contributed by atoms with Crippen molar-refractivity contribution in [3.8, 4) is 0 Å². The molecule has 2 rings (SSSR count). The lowest BCUT2D eigenvalue weighted by molar-refractivity contribution is -0.118. The predicted octanol–water partition coefficient (Wildman–Crippen LogP) is 3.98. The Balaban J connectivity index is 1.99. The van der Waals surface area contributed by atoms with Gasteiger partial charge in [0, 0.05) is 25.4 Å². The van der Waals surface area contributed by atoms with Crippen molar-refractivity contribution in [2.45, 2.75) is 43.9 Å². The summed E-state index contributed by atoms with van der Waals surface area (Å²) in [5.74, 6) is -0.00277. The summed E-state index contributed by atoms with van der Waals surface area (Å²) in [5.41, 5.74) is 3.21. The van der Waals surface area contributed by atoms with Gasteiger partial charge in [0.1, 0.15) is 0 Å². The van der Waals surface area contributed by atoms with Crippen molar-refractivity contribution in [3.63, 3.8) is 0 Å². The van der Waals surface area contributed by atoms with Gasteiger partial charge in [-0.1, -0.05) is 45.0 Å². The van der Waals surface area contributed by atoms with E-state index in [0.717, 1.165) is 5.56 Å². The van der Waals surface area contributed by atoms with Crippen LogP contribution in [0.5, 0.6) is 0 Å². The van der Waals surface area contributed by atoms with Crippen LogP contribution in [0.1, 0.15) is 38.3 Å². The number of amides is 1. The lowest BCUT2D eigenvalue weighted by Crippen LogP contribution is -2.26. The molecule has 140 valence electrons. The number of anilines is 1. The van der Waals surface area contributed by atoms with Gasteiger partial charge in [0.25, 0.3) is 0 Å². The van der Waals surface area contributed by atoms with Crippen molar-refractivity contribution in [1.82, 2.24) is 0 Å². The van der Waals surface area contributed by atoms with Crippen LogP contribution in [-0.2, 0) is 26.5 Å². The number of benzene rings is 2. The molecule has 26 heavy (non-hydrogen) atoms. The van der Waals surface area contributed by atoms with Gasteiger partial charge >= 0.3 is 0 Å². The normalized spacial score (nSPS) is 12.0. The average Bonchev–Trinajstić information content (AvgIpc) is 2.58. The number of hydrogen-bond donors (Lipinski definition) is 0. The van der Waals surface area contributed by atoms with Gasteiger partial charge in [-0.2, -0.15) is 0 Å². The number of carbonyl (C=O) groups excluding carboxylic acids is 1. The van der Waals surface area contributed by atoms with E-state index < -0.39 is 9.84 Å². The molecule has 2 aromatic rings. The highest BCUT2D eigenvalue weighted by Gasteiger charge is 2.15. The maximum atomic E-state index is 12.4. The van der Waals surface area contributed by atoms with E-state index in [1.807, 2.05) is 0 Å². The van der Waals surface area contributed by atoms with Crippen LogP contribution in [0.4, 0.5) is 5.69 Å². The Morgan fingerprint density at radius 2 is 1.50 bits per heavy atom. The van der Waals surface area contributed by atoms with Gasteiger partial charge in [-0.15, -0.1) is 0 Å². The minimum absolute atomic E-state index is 0.00277. The highest BCUT2D eigenvalue weighted by molar-refractivity contribution is 7.90. The lowest BCUT2D eigenvalue weighted by Gasteiger charge is -2.19. The molecular formula is C21H27NO3S. The van der Waals surface area contributed by atoms with Gasteiger partial charge in [0.2, 0.25) is 5.91 Å². The molecule has 4 nitrogen and oxygen atoms in total. The zero-order chi connectivity index (χ0) is 19.5. The molecule has 0 aliphatic rings. The molecule has 1 amide bonds. The summed E-state index contributed by atoms with van der Waals surface area (Å²) in [6.07, 6.45) is 2.25. The number of nitrogens with zero attached hydrogens (tertiary/aromatic N) is 1. The maximum absolute atomic E-state index is 12.4. The second-order valence-corrected chi connectivity index (χ2v) is 9.68. The van der Waals surface area contributed by atoms with Gasteiger partial charge in [-0.05, 0) is 47.2 Å². The van der Waals surface area contributed by atoms with Crippen LogP contribution < -0.4 is 4.90 Å². The largest absolute Gasteiger partial charge is 0.315 e. The molecule has 5 heteroatoms. The quantitative estimate of drug-likeness (QED) is 0.796. The van der Waals surface area contributed by atoms with E-state index in [-0.39, 0.29) is 16.2 Å². The van der Waals surface area contributed by atoms with E-state index in [9.17, 15) is 13.2 Å². The fourth-order valence-corrected chi connectivity index (χ4v) is 3.28. The van der Waals surface area contributed by atoms with Crippen LogP contribution in [0.2, 0.25) is 0 Å². The van der Waals surface area contributed by atoms with E-state index in [0.29, 0.717) is 18.5 Å². The van der Waals surface area contributed by atoms with Crippen LogP contribution in [-0.4, -0.2) is 27.6 Å². The Morgan fingerprint density at radius 1 is 0.962 bits per heavy atom. The Kier molecular flexibility index (Phi) is 5.91. The fraction of sp³-hybridized carbons (Fsp3) is 0.381. The smallest absolute Gasteiger partial charge is 0.227 e. The Morgan fingerprint density at radius 3 is 1.96 bits per heavy atom. The molecule has 0 N–H and O–H groups in total. The monoisotopic (exact) mass is 373 g/mol. The Hall–Kier alpha value is -2.14. The summed E-state index contributed by atoms with van der Waals surface area (Å²) in [4.78, 5) is 14.2. The van der Waals surface area contributed by atoms with Crippen LogP contribution >= 0.6 is 0 Å². The summed E-state index contributed by atoms with van der Waals surface area (Å²) in [7, 11) is -1.52. The molecule has 0 bridgehead atoms. The van der Waals surface area contributed by atoms with E-state index in [1.165, 1.54) is 24.0 Å². The summed E-state index contributed by atoms with van der Waals surface area (Å²) >= 11 is 0. The van der Waals surface area contributed by atoms with Crippen LogP contribution in [0, 0.1) is 0 Å². The predicted molar refractivity (Wildman–Crippen MR) is 106 cm³/mol. The molecule has 2 aromatic carbocycles. The van der Waals surface area contributed by atoms with Crippen LogP contribution in [0.3, 0.4) is 0 Å². The van der Waals surface area contributed by atoms with Gasteiger partial charge in [-0.25, -0.2) is 8.42 Å². The molecule has 0 fully saturated rings. The van der Waals surface area contributed by atoms with Crippen molar-refractivity contribution in [2.24, 2.45) is 0 Å². The Bertz CT molecular complexity index is 861. The fourth-order valence-electron chi connectivity index (χ4n) is 2.65.